The van der Waals surface area contributed by atoms with Gasteiger partial charge in [0.25, 0.3) is 0 Å². The highest BCUT2D eigenvalue weighted by Gasteiger charge is 2.49. The van der Waals surface area contributed by atoms with Crippen LogP contribution in [0.4, 0.5) is 23.1 Å². The molecule has 42 heavy (non-hydrogen) atoms. The van der Waals surface area contributed by atoms with Crippen LogP contribution in [0.25, 0.3) is 10.4 Å². The molecule has 3 amide bonds. The molecule has 3 aromatic rings. The van der Waals surface area contributed by atoms with E-state index in [1.807, 2.05) is 0 Å². The predicted octanol–water partition coefficient (Wildman–Crippen LogP) is 3.80. The number of likely N-dealkylation sites (tertiary alicyclic amines) is 1. The molecule has 1 aliphatic heterocycles. The number of methoxy groups -OCH3 is 1. The number of alkyl halides is 3. The van der Waals surface area contributed by atoms with Gasteiger partial charge < -0.3 is 15.4 Å². The zero-order valence-corrected chi connectivity index (χ0v) is 24.7. The number of nitrogens with one attached hydrogen (secondary N) is 2. The van der Waals surface area contributed by atoms with Crippen LogP contribution in [0, 0.1) is 6.92 Å². The molecule has 0 spiro atoms. The Morgan fingerprint density at radius 1 is 1.19 bits per heavy atom. The van der Waals surface area contributed by atoms with E-state index in [4.69, 9.17) is 10.5 Å². The molecular weight excluding hydrogens is 597 g/mol. The third-order valence-corrected chi connectivity index (χ3v) is 9.63. The first-order valence-electron chi connectivity index (χ1n) is 12.6. The maximum absolute atomic E-state index is 13.6. The average molecular weight is 627 g/mol. The van der Waals surface area contributed by atoms with Crippen LogP contribution in [0.5, 0.6) is 5.75 Å². The van der Waals surface area contributed by atoms with Crippen molar-refractivity contribution in [3.05, 3.63) is 54.0 Å². The number of ether oxygens (including phenoxy) is 1. The van der Waals surface area contributed by atoms with Crippen molar-refractivity contribution in [2.75, 3.05) is 19.0 Å². The molecule has 1 aliphatic rings. The van der Waals surface area contributed by atoms with E-state index in [-0.39, 0.29) is 34.4 Å². The van der Waals surface area contributed by atoms with Crippen molar-refractivity contribution < 1.29 is 35.9 Å². The Morgan fingerprint density at radius 3 is 2.52 bits per heavy atom. The Balaban J connectivity index is 1.52. The van der Waals surface area contributed by atoms with Gasteiger partial charge in [-0.05, 0) is 57.0 Å². The van der Waals surface area contributed by atoms with E-state index in [0.29, 0.717) is 16.1 Å². The lowest BCUT2D eigenvalue weighted by Gasteiger charge is -2.27. The van der Waals surface area contributed by atoms with E-state index in [0.717, 1.165) is 30.1 Å². The number of thiazole rings is 1. The van der Waals surface area contributed by atoms with Crippen LogP contribution < -0.4 is 20.5 Å². The minimum Gasteiger partial charge on any atom is -0.495 e. The maximum atomic E-state index is 13.6. The molecule has 226 valence electrons. The van der Waals surface area contributed by atoms with Crippen molar-refractivity contribution in [3.8, 4) is 16.2 Å². The van der Waals surface area contributed by atoms with Crippen LogP contribution in [0.2, 0.25) is 0 Å². The zero-order valence-electron chi connectivity index (χ0n) is 23.0. The smallest absolute Gasteiger partial charge is 0.399 e. The average Bonchev–Trinajstić information content (AvgIpc) is 3.51. The van der Waals surface area contributed by atoms with Crippen LogP contribution in [0.3, 0.4) is 0 Å². The van der Waals surface area contributed by atoms with Gasteiger partial charge in [-0.2, -0.15) is 13.2 Å². The number of nitrogens with two attached hydrogens (primary N) is 1. The first-order chi connectivity index (χ1) is 19.5. The van der Waals surface area contributed by atoms with E-state index < -0.39 is 45.6 Å². The molecule has 1 saturated heterocycles. The Hall–Kier alpha value is -3.76. The summed E-state index contributed by atoms with van der Waals surface area (Å²) in [6.45, 7) is 3.56. The number of sulfonamides is 1. The van der Waals surface area contributed by atoms with Gasteiger partial charge in [-0.3, -0.25) is 15.1 Å². The SMILES string of the molecule is COc1ccccc1S(=O)(=O)N[C@@H]1C[C@@H](C(N)=O)N(C(=O)Nc2nc(C)c(-c3ccnc(C(C)(C)C(F)(F)F)c3)s2)C1. The number of rotatable bonds is 8. The number of hydrogen-bond donors (Lipinski definition) is 3. The first-order valence-corrected chi connectivity index (χ1v) is 14.9. The third kappa shape index (κ3) is 6.19. The predicted molar refractivity (Wildman–Crippen MR) is 150 cm³/mol. The molecule has 11 nitrogen and oxygen atoms in total. The number of benzene rings is 1. The summed E-state index contributed by atoms with van der Waals surface area (Å²) in [5.74, 6) is -0.695. The van der Waals surface area contributed by atoms with Gasteiger partial charge in [-0.15, -0.1) is 0 Å². The summed E-state index contributed by atoms with van der Waals surface area (Å²) in [6, 6.07) is 6.20. The number of urea groups is 1. The van der Waals surface area contributed by atoms with Crippen molar-refractivity contribution in [2.24, 2.45) is 5.73 Å². The second-order valence-corrected chi connectivity index (χ2v) is 12.9. The van der Waals surface area contributed by atoms with Crippen molar-refractivity contribution >= 4 is 38.4 Å². The molecule has 16 heteroatoms. The van der Waals surface area contributed by atoms with E-state index >= 15 is 0 Å². The van der Waals surface area contributed by atoms with Gasteiger partial charge >= 0.3 is 12.2 Å². The van der Waals surface area contributed by atoms with Gasteiger partial charge in [-0.25, -0.2) is 22.9 Å². The highest BCUT2D eigenvalue weighted by atomic mass is 32.2. The van der Waals surface area contributed by atoms with Gasteiger partial charge in [0, 0.05) is 18.8 Å². The van der Waals surface area contributed by atoms with Gasteiger partial charge in [0.15, 0.2) is 5.13 Å². The Morgan fingerprint density at radius 2 is 1.88 bits per heavy atom. The van der Waals surface area contributed by atoms with E-state index in [1.165, 1.54) is 37.6 Å². The normalized spacial score (nSPS) is 17.7. The molecule has 1 fully saturated rings. The van der Waals surface area contributed by atoms with Gasteiger partial charge in [0.05, 0.1) is 23.4 Å². The van der Waals surface area contributed by atoms with Crippen molar-refractivity contribution in [1.82, 2.24) is 19.6 Å². The zero-order chi connectivity index (χ0) is 31.0. The Labute approximate surface area is 244 Å². The number of halogens is 3. The summed E-state index contributed by atoms with van der Waals surface area (Å²) in [7, 11) is -2.74. The van der Waals surface area contributed by atoms with E-state index in [2.05, 4.69) is 20.0 Å². The summed E-state index contributed by atoms with van der Waals surface area (Å²) in [4.78, 5) is 35.2. The number of aromatic nitrogens is 2. The fraction of sp³-hybridized carbons (Fsp3) is 0.385. The molecule has 4 N–H and O–H groups in total. The van der Waals surface area contributed by atoms with Crippen LogP contribution in [0.1, 0.15) is 31.7 Å². The number of primary amides is 1. The second-order valence-electron chi connectivity index (χ2n) is 10.2. The van der Waals surface area contributed by atoms with Gasteiger partial charge in [0.1, 0.15) is 22.1 Å². The molecule has 0 aliphatic carbocycles. The van der Waals surface area contributed by atoms with Crippen molar-refractivity contribution in [3.63, 3.8) is 0 Å². The van der Waals surface area contributed by atoms with Gasteiger partial charge in [-0.1, -0.05) is 23.5 Å². The fourth-order valence-corrected chi connectivity index (χ4v) is 6.84. The minimum atomic E-state index is -4.52. The number of pyridine rings is 1. The second kappa shape index (κ2) is 11.5. The molecular formula is C26H29F3N6O5S2. The Bertz CT molecular complexity index is 1610. The standard InChI is InChI=1S/C26H29F3N6O5S2/c1-14-21(15-9-10-31-20(11-15)25(2,3)26(27,28)29)41-23(32-14)33-24(37)35-13-16(12-17(35)22(30)36)34-42(38,39)19-8-6-5-7-18(19)40-4/h5-11,16-17,34H,12-13H2,1-4H3,(H2,30,36)(H,32,33,37)/t16-,17+/m1/s1. The monoisotopic (exact) mass is 626 g/mol. The maximum Gasteiger partial charge on any atom is 0.399 e. The highest BCUT2D eigenvalue weighted by molar-refractivity contribution is 7.89. The quantitative estimate of drug-likeness (QED) is 0.343. The number of aryl methyl sites for hydroxylation is 1. The number of carbonyl (C=O) groups excluding carboxylic acids is 2. The summed E-state index contributed by atoms with van der Waals surface area (Å²) < 4.78 is 74.4. The summed E-state index contributed by atoms with van der Waals surface area (Å²) in [6.07, 6.45) is -3.30. The number of para-hydroxylation sites is 1. The lowest BCUT2D eigenvalue weighted by atomic mass is 9.87. The van der Waals surface area contributed by atoms with Gasteiger partial charge in [0.2, 0.25) is 15.9 Å². The van der Waals surface area contributed by atoms with Crippen molar-refractivity contribution in [1.29, 1.82) is 0 Å². The van der Waals surface area contributed by atoms with Crippen LogP contribution in [-0.2, 0) is 20.2 Å². The molecule has 0 saturated carbocycles. The number of nitrogens with zero attached hydrogens (tertiary/aromatic N) is 3. The molecule has 0 unspecified atom stereocenters. The fourth-order valence-electron chi connectivity index (χ4n) is 4.48. The lowest BCUT2D eigenvalue weighted by molar-refractivity contribution is -0.181. The minimum absolute atomic E-state index is 0.0614. The molecule has 0 radical (unpaired) electrons. The summed E-state index contributed by atoms with van der Waals surface area (Å²) >= 11 is 1.03. The number of hydrogen-bond acceptors (Lipinski definition) is 8. The number of carbonyl (C=O) groups is 2. The van der Waals surface area contributed by atoms with Crippen LogP contribution in [0.15, 0.2) is 47.5 Å². The molecule has 2 aromatic heterocycles. The van der Waals surface area contributed by atoms with E-state index in [9.17, 15) is 31.2 Å². The topological polar surface area (TPSA) is 157 Å². The summed E-state index contributed by atoms with van der Waals surface area (Å²) in [5, 5.41) is 2.72. The van der Waals surface area contributed by atoms with Crippen LogP contribution >= 0.6 is 11.3 Å². The largest absolute Gasteiger partial charge is 0.495 e. The molecule has 4 rings (SSSR count). The number of anilines is 1. The number of amides is 3. The van der Waals surface area contributed by atoms with E-state index in [1.54, 1.807) is 19.1 Å². The molecule has 2 atom stereocenters. The first kappa shape index (κ1) is 31.2. The molecule has 1 aromatic carbocycles. The Kier molecular flexibility index (Phi) is 8.53. The lowest BCUT2D eigenvalue weighted by Crippen LogP contribution is -2.46. The molecule has 3 heterocycles. The van der Waals surface area contributed by atoms with Crippen LogP contribution in [-0.4, -0.2) is 67.1 Å². The third-order valence-electron chi connectivity index (χ3n) is 6.95. The molecule has 0 bridgehead atoms. The van der Waals surface area contributed by atoms with Crippen molar-refractivity contribution in [2.45, 2.75) is 55.8 Å². The summed E-state index contributed by atoms with van der Waals surface area (Å²) in [5.41, 5.74) is 4.06. The highest BCUT2D eigenvalue weighted by Crippen LogP contribution is 2.41.